The quantitative estimate of drug-likeness (QED) is 0.474. The molecule has 0 bridgehead atoms. The van der Waals surface area contributed by atoms with Crippen molar-refractivity contribution in [2.24, 2.45) is 0 Å². The Hall–Kier alpha value is -3.78. The second-order valence-electron chi connectivity index (χ2n) is 7.64. The van der Waals surface area contributed by atoms with E-state index >= 15 is 0 Å². The SMILES string of the molecule is Nc1nccn2c([C@@H]3CCCNC3)nc(-c3ccc(C(=O)Nc4ccccn4)cc3)c12. The van der Waals surface area contributed by atoms with Gasteiger partial charge in [0.2, 0.25) is 0 Å². The van der Waals surface area contributed by atoms with E-state index in [0.717, 1.165) is 48.5 Å². The maximum absolute atomic E-state index is 12.5. The molecule has 4 N–H and O–H groups in total. The van der Waals surface area contributed by atoms with E-state index in [9.17, 15) is 4.79 Å². The third kappa shape index (κ3) is 3.73. The van der Waals surface area contributed by atoms with Gasteiger partial charge >= 0.3 is 0 Å². The van der Waals surface area contributed by atoms with Crippen LogP contribution in [0.15, 0.2) is 61.1 Å². The molecular weight excluding hydrogens is 390 g/mol. The number of rotatable bonds is 4. The van der Waals surface area contributed by atoms with Crippen LogP contribution in [0.1, 0.15) is 34.9 Å². The first kappa shape index (κ1) is 19.2. The highest BCUT2D eigenvalue weighted by atomic mass is 16.1. The van der Waals surface area contributed by atoms with E-state index in [1.54, 1.807) is 36.7 Å². The third-order valence-corrected chi connectivity index (χ3v) is 5.60. The first-order chi connectivity index (χ1) is 15.2. The third-order valence-electron chi connectivity index (χ3n) is 5.60. The minimum atomic E-state index is -0.213. The van der Waals surface area contributed by atoms with Crippen LogP contribution in [0.25, 0.3) is 16.8 Å². The van der Waals surface area contributed by atoms with Crippen molar-refractivity contribution in [3.8, 4) is 11.3 Å². The molecule has 0 spiro atoms. The van der Waals surface area contributed by atoms with Gasteiger partial charge < -0.3 is 16.4 Å². The summed E-state index contributed by atoms with van der Waals surface area (Å²) in [5, 5.41) is 6.25. The molecule has 156 valence electrons. The molecule has 0 radical (unpaired) electrons. The number of anilines is 2. The average molecular weight is 413 g/mol. The Bertz CT molecular complexity index is 1210. The number of nitrogens with two attached hydrogens (primary N) is 1. The Balaban J connectivity index is 1.48. The fraction of sp³-hybridized carbons (Fsp3) is 0.217. The number of nitrogens with one attached hydrogen (secondary N) is 2. The van der Waals surface area contributed by atoms with Gasteiger partial charge in [-0.3, -0.25) is 9.20 Å². The molecule has 0 aliphatic carbocycles. The van der Waals surface area contributed by atoms with E-state index in [-0.39, 0.29) is 5.91 Å². The lowest BCUT2D eigenvalue weighted by Gasteiger charge is -2.21. The van der Waals surface area contributed by atoms with Crippen LogP contribution in [-0.4, -0.2) is 38.3 Å². The number of imidazole rings is 1. The summed E-state index contributed by atoms with van der Waals surface area (Å²) in [4.78, 5) is 25.9. The zero-order valence-corrected chi connectivity index (χ0v) is 17.0. The topological polar surface area (TPSA) is 110 Å². The summed E-state index contributed by atoms with van der Waals surface area (Å²) in [6, 6.07) is 12.7. The monoisotopic (exact) mass is 413 g/mol. The van der Waals surface area contributed by atoms with Crippen LogP contribution in [0.3, 0.4) is 0 Å². The second-order valence-corrected chi connectivity index (χ2v) is 7.64. The molecule has 8 heteroatoms. The number of hydrogen-bond donors (Lipinski definition) is 3. The molecule has 8 nitrogen and oxygen atoms in total. The standard InChI is InChI=1S/C23H23N7O/c24-21-20-19(29-22(30(20)13-12-27-21)17-4-3-10-25-14-17)15-6-8-16(9-7-15)23(31)28-18-5-1-2-11-26-18/h1-2,5-9,11-13,17,25H,3-4,10,14H2,(H2,24,27)(H,26,28,31)/t17-/m1/s1. The second kappa shape index (κ2) is 8.16. The first-order valence-electron chi connectivity index (χ1n) is 10.4. The lowest BCUT2D eigenvalue weighted by Crippen LogP contribution is -2.29. The van der Waals surface area contributed by atoms with E-state index in [0.29, 0.717) is 23.1 Å². The molecule has 0 unspecified atom stereocenters. The average Bonchev–Trinajstić information content (AvgIpc) is 3.21. The number of nitrogens with zero attached hydrogens (tertiary/aromatic N) is 4. The van der Waals surface area contributed by atoms with Gasteiger partial charge in [-0.1, -0.05) is 18.2 Å². The molecule has 5 rings (SSSR count). The number of carbonyl (C=O) groups is 1. The van der Waals surface area contributed by atoms with E-state index < -0.39 is 0 Å². The van der Waals surface area contributed by atoms with Crippen molar-refractivity contribution in [1.82, 2.24) is 24.7 Å². The predicted molar refractivity (Wildman–Crippen MR) is 120 cm³/mol. The Morgan fingerprint density at radius 3 is 2.74 bits per heavy atom. The molecule has 1 saturated heterocycles. The number of pyridine rings is 1. The summed E-state index contributed by atoms with van der Waals surface area (Å²) in [5.74, 6) is 2.05. The molecule has 1 aliphatic rings. The van der Waals surface area contributed by atoms with Crippen LogP contribution in [0.5, 0.6) is 0 Å². The van der Waals surface area contributed by atoms with Gasteiger partial charge in [-0.15, -0.1) is 0 Å². The molecule has 1 aromatic carbocycles. The molecule has 4 aromatic rings. The maximum Gasteiger partial charge on any atom is 0.256 e. The number of nitrogen functional groups attached to an aromatic ring is 1. The zero-order chi connectivity index (χ0) is 21.2. The van der Waals surface area contributed by atoms with Gasteiger partial charge in [0.25, 0.3) is 5.91 Å². The van der Waals surface area contributed by atoms with Crippen LogP contribution in [0.4, 0.5) is 11.6 Å². The van der Waals surface area contributed by atoms with E-state index in [4.69, 9.17) is 10.7 Å². The van der Waals surface area contributed by atoms with Crippen molar-refractivity contribution in [3.63, 3.8) is 0 Å². The highest BCUT2D eigenvalue weighted by molar-refractivity contribution is 6.04. The van der Waals surface area contributed by atoms with E-state index in [1.165, 1.54) is 0 Å². The van der Waals surface area contributed by atoms with Gasteiger partial charge in [0, 0.05) is 42.2 Å². The van der Waals surface area contributed by atoms with Crippen molar-refractivity contribution in [2.45, 2.75) is 18.8 Å². The fourth-order valence-electron chi connectivity index (χ4n) is 4.05. The molecule has 1 aliphatic heterocycles. The van der Waals surface area contributed by atoms with E-state index in [1.807, 2.05) is 24.4 Å². The largest absolute Gasteiger partial charge is 0.382 e. The van der Waals surface area contributed by atoms with Crippen molar-refractivity contribution in [1.29, 1.82) is 0 Å². The van der Waals surface area contributed by atoms with Crippen LogP contribution in [0, 0.1) is 0 Å². The number of fused-ring (bicyclic) bond motifs is 1. The van der Waals surface area contributed by atoms with Gasteiger partial charge in [0.05, 0.1) is 0 Å². The molecule has 1 fully saturated rings. The Morgan fingerprint density at radius 2 is 2.00 bits per heavy atom. The Kier molecular flexibility index (Phi) is 5.05. The van der Waals surface area contributed by atoms with Crippen molar-refractivity contribution in [3.05, 3.63) is 72.4 Å². The number of amides is 1. The Morgan fingerprint density at radius 1 is 1.13 bits per heavy atom. The van der Waals surface area contributed by atoms with Gasteiger partial charge in [0.1, 0.15) is 28.7 Å². The summed E-state index contributed by atoms with van der Waals surface area (Å²) in [6.45, 7) is 1.94. The van der Waals surface area contributed by atoms with Gasteiger partial charge in [-0.2, -0.15) is 0 Å². The molecular formula is C23H23N7O. The summed E-state index contributed by atoms with van der Waals surface area (Å²) in [7, 11) is 0. The minimum Gasteiger partial charge on any atom is -0.382 e. The smallest absolute Gasteiger partial charge is 0.256 e. The number of benzene rings is 1. The van der Waals surface area contributed by atoms with Crippen molar-refractivity contribution in [2.75, 3.05) is 24.1 Å². The molecule has 4 heterocycles. The summed E-state index contributed by atoms with van der Waals surface area (Å²) < 4.78 is 2.05. The highest BCUT2D eigenvalue weighted by Crippen LogP contribution is 2.32. The van der Waals surface area contributed by atoms with Gasteiger partial charge in [0.15, 0.2) is 0 Å². The zero-order valence-electron chi connectivity index (χ0n) is 17.0. The number of hydrogen-bond acceptors (Lipinski definition) is 6. The van der Waals surface area contributed by atoms with E-state index in [2.05, 4.69) is 25.0 Å². The summed E-state index contributed by atoms with van der Waals surface area (Å²) >= 11 is 0. The molecule has 1 atom stereocenters. The summed E-state index contributed by atoms with van der Waals surface area (Å²) in [6.07, 6.45) is 7.47. The first-order valence-corrected chi connectivity index (χ1v) is 10.4. The highest BCUT2D eigenvalue weighted by Gasteiger charge is 2.24. The predicted octanol–water partition coefficient (Wildman–Crippen LogP) is 3.09. The lowest BCUT2D eigenvalue weighted by molar-refractivity contribution is 0.102. The van der Waals surface area contributed by atoms with Gasteiger partial charge in [-0.05, 0) is 43.7 Å². The molecule has 3 aromatic heterocycles. The number of carbonyl (C=O) groups excluding carboxylic acids is 1. The fourth-order valence-corrected chi connectivity index (χ4v) is 4.05. The molecule has 1 amide bonds. The van der Waals surface area contributed by atoms with Crippen molar-refractivity contribution < 1.29 is 4.79 Å². The number of aromatic nitrogens is 4. The Labute approximate surface area is 179 Å². The molecule has 0 saturated carbocycles. The van der Waals surface area contributed by atoms with Crippen LogP contribution in [-0.2, 0) is 0 Å². The van der Waals surface area contributed by atoms with Crippen LogP contribution >= 0.6 is 0 Å². The van der Waals surface area contributed by atoms with Gasteiger partial charge in [-0.25, -0.2) is 15.0 Å². The summed E-state index contributed by atoms with van der Waals surface area (Å²) in [5.41, 5.74) is 9.26. The molecule has 31 heavy (non-hydrogen) atoms. The number of piperidine rings is 1. The van der Waals surface area contributed by atoms with Crippen molar-refractivity contribution >= 4 is 23.1 Å². The normalized spacial score (nSPS) is 16.3. The van der Waals surface area contributed by atoms with Crippen LogP contribution in [0.2, 0.25) is 0 Å². The lowest BCUT2D eigenvalue weighted by atomic mass is 9.99. The minimum absolute atomic E-state index is 0.213. The maximum atomic E-state index is 12.5. The van der Waals surface area contributed by atoms with Crippen LogP contribution < -0.4 is 16.4 Å².